The molecule has 1 N–H and O–H groups in total. The third-order valence-corrected chi connectivity index (χ3v) is 3.24. The summed E-state index contributed by atoms with van der Waals surface area (Å²) in [5.74, 6) is 0. The molecule has 1 saturated heterocycles. The minimum atomic E-state index is -0.272. The molecule has 3 rings (SSSR count). The maximum atomic E-state index is 11.3. The monoisotopic (exact) mass is 223 g/mol. The van der Waals surface area contributed by atoms with Gasteiger partial charge in [-0.25, -0.2) is 0 Å². The van der Waals surface area contributed by atoms with Crippen molar-refractivity contribution in [3.8, 4) is 0 Å². The normalized spacial score (nSPS) is 17.6. The SMILES string of the molecule is O=c1[nH]sc2cc(C3OCCO3)ccc12. The van der Waals surface area contributed by atoms with E-state index in [9.17, 15) is 4.79 Å². The van der Waals surface area contributed by atoms with Gasteiger partial charge in [-0.2, -0.15) is 0 Å². The molecule has 0 bridgehead atoms. The molecule has 2 aromatic rings. The van der Waals surface area contributed by atoms with E-state index >= 15 is 0 Å². The lowest BCUT2D eigenvalue weighted by Crippen LogP contribution is -1.99. The van der Waals surface area contributed by atoms with Crippen molar-refractivity contribution in [2.75, 3.05) is 13.2 Å². The van der Waals surface area contributed by atoms with Crippen LogP contribution in [-0.4, -0.2) is 17.6 Å². The zero-order valence-electron chi connectivity index (χ0n) is 7.86. The summed E-state index contributed by atoms with van der Waals surface area (Å²) in [6, 6.07) is 5.62. The number of rotatable bonds is 1. The van der Waals surface area contributed by atoms with E-state index in [0.717, 1.165) is 15.6 Å². The minimum Gasteiger partial charge on any atom is -0.346 e. The van der Waals surface area contributed by atoms with Gasteiger partial charge < -0.3 is 9.47 Å². The molecule has 15 heavy (non-hydrogen) atoms. The van der Waals surface area contributed by atoms with E-state index in [1.54, 1.807) is 0 Å². The van der Waals surface area contributed by atoms with Gasteiger partial charge in [0.15, 0.2) is 6.29 Å². The van der Waals surface area contributed by atoms with Crippen LogP contribution in [0.4, 0.5) is 0 Å². The predicted octanol–water partition coefficient (Wildman–Crippen LogP) is 1.64. The molecule has 78 valence electrons. The first kappa shape index (κ1) is 9.08. The van der Waals surface area contributed by atoms with Gasteiger partial charge in [-0.15, -0.1) is 0 Å². The highest BCUT2D eigenvalue weighted by molar-refractivity contribution is 7.13. The summed E-state index contributed by atoms with van der Waals surface area (Å²) in [7, 11) is 0. The van der Waals surface area contributed by atoms with Crippen molar-refractivity contribution in [3.05, 3.63) is 34.1 Å². The highest BCUT2D eigenvalue weighted by atomic mass is 32.1. The van der Waals surface area contributed by atoms with Crippen LogP contribution in [0.15, 0.2) is 23.0 Å². The Hall–Kier alpha value is -1.17. The number of hydrogen-bond donors (Lipinski definition) is 1. The van der Waals surface area contributed by atoms with E-state index < -0.39 is 0 Å². The molecule has 1 aliphatic heterocycles. The summed E-state index contributed by atoms with van der Waals surface area (Å²) in [5, 5.41) is 0.724. The number of aromatic amines is 1. The molecule has 0 unspecified atom stereocenters. The lowest BCUT2D eigenvalue weighted by atomic mass is 10.2. The van der Waals surface area contributed by atoms with E-state index in [-0.39, 0.29) is 11.8 Å². The van der Waals surface area contributed by atoms with Crippen LogP contribution in [0.5, 0.6) is 0 Å². The van der Waals surface area contributed by atoms with Crippen molar-refractivity contribution < 1.29 is 9.47 Å². The number of H-pyrrole nitrogens is 1. The molecular formula is C10H9NO3S. The largest absolute Gasteiger partial charge is 0.346 e. The summed E-state index contributed by atoms with van der Waals surface area (Å²) < 4.78 is 14.4. The maximum Gasteiger partial charge on any atom is 0.265 e. The number of nitrogens with one attached hydrogen (secondary N) is 1. The van der Waals surface area contributed by atoms with E-state index in [0.29, 0.717) is 13.2 Å². The fraction of sp³-hybridized carbons (Fsp3) is 0.300. The highest BCUT2D eigenvalue weighted by Gasteiger charge is 2.18. The van der Waals surface area contributed by atoms with Gasteiger partial charge in [-0.3, -0.25) is 9.17 Å². The van der Waals surface area contributed by atoms with Crippen molar-refractivity contribution in [1.82, 2.24) is 4.37 Å². The Morgan fingerprint density at radius 2 is 2.13 bits per heavy atom. The zero-order valence-corrected chi connectivity index (χ0v) is 8.67. The molecule has 1 fully saturated rings. The van der Waals surface area contributed by atoms with Crippen LogP contribution < -0.4 is 5.56 Å². The first-order valence-electron chi connectivity index (χ1n) is 4.69. The summed E-state index contributed by atoms with van der Waals surface area (Å²) in [4.78, 5) is 11.3. The van der Waals surface area contributed by atoms with Crippen LogP contribution in [0.25, 0.3) is 10.1 Å². The quantitative estimate of drug-likeness (QED) is 0.799. The molecule has 1 aromatic carbocycles. The third kappa shape index (κ3) is 1.49. The first-order valence-corrected chi connectivity index (χ1v) is 5.50. The Morgan fingerprint density at radius 1 is 1.33 bits per heavy atom. The summed E-state index contributed by atoms with van der Waals surface area (Å²) >= 11 is 1.34. The lowest BCUT2D eigenvalue weighted by molar-refractivity contribution is -0.0440. The molecule has 2 heterocycles. The molecule has 5 heteroatoms. The number of aromatic nitrogens is 1. The summed E-state index contributed by atoms with van der Waals surface area (Å²) in [6.45, 7) is 1.26. The smallest absolute Gasteiger partial charge is 0.265 e. The van der Waals surface area contributed by atoms with Crippen LogP contribution in [0.3, 0.4) is 0 Å². The van der Waals surface area contributed by atoms with Crippen molar-refractivity contribution >= 4 is 21.6 Å². The third-order valence-electron chi connectivity index (χ3n) is 2.40. The van der Waals surface area contributed by atoms with Gasteiger partial charge in [0.2, 0.25) is 0 Å². The highest BCUT2D eigenvalue weighted by Crippen LogP contribution is 2.26. The molecule has 0 aliphatic carbocycles. The Kier molecular flexibility index (Phi) is 2.09. The van der Waals surface area contributed by atoms with Gasteiger partial charge in [-0.1, -0.05) is 17.6 Å². The van der Waals surface area contributed by atoms with Gasteiger partial charge in [-0.05, 0) is 12.1 Å². The van der Waals surface area contributed by atoms with E-state index in [1.165, 1.54) is 11.5 Å². The fourth-order valence-electron chi connectivity index (χ4n) is 1.66. The molecule has 1 aromatic heterocycles. The average molecular weight is 223 g/mol. The van der Waals surface area contributed by atoms with Gasteiger partial charge >= 0.3 is 0 Å². The molecule has 1 aliphatic rings. The van der Waals surface area contributed by atoms with Gasteiger partial charge in [0.05, 0.1) is 23.3 Å². The van der Waals surface area contributed by atoms with Gasteiger partial charge in [0.1, 0.15) is 0 Å². The van der Waals surface area contributed by atoms with Crippen LogP contribution in [0, 0.1) is 0 Å². The average Bonchev–Trinajstić information content (AvgIpc) is 2.88. The van der Waals surface area contributed by atoms with E-state index in [2.05, 4.69) is 4.37 Å². The van der Waals surface area contributed by atoms with Crippen molar-refractivity contribution in [1.29, 1.82) is 0 Å². The summed E-state index contributed by atoms with van der Waals surface area (Å²) in [5.41, 5.74) is 0.935. The molecule has 0 radical (unpaired) electrons. The van der Waals surface area contributed by atoms with Gasteiger partial charge in [0.25, 0.3) is 5.56 Å². The molecule has 0 atom stereocenters. The first-order chi connectivity index (χ1) is 7.34. The van der Waals surface area contributed by atoms with Gasteiger partial charge in [0, 0.05) is 5.56 Å². The Bertz CT molecular complexity index is 539. The van der Waals surface area contributed by atoms with Crippen molar-refractivity contribution in [2.24, 2.45) is 0 Å². The molecular weight excluding hydrogens is 214 g/mol. The molecule has 0 spiro atoms. The van der Waals surface area contributed by atoms with Crippen LogP contribution in [-0.2, 0) is 9.47 Å². The number of hydrogen-bond acceptors (Lipinski definition) is 4. The predicted molar refractivity (Wildman–Crippen MR) is 57.1 cm³/mol. The van der Waals surface area contributed by atoms with Crippen molar-refractivity contribution in [3.63, 3.8) is 0 Å². The van der Waals surface area contributed by atoms with E-state index in [4.69, 9.17) is 9.47 Å². The summed E-state index contributed by atoms with van der Waals surface area (Å²) in [6.07, 6.45) is -0.272. The molecule has 0 amide bonds. The topological polar surface area (TPSA) is 51.3 Å². The fourth-order valence-corrected chi connectivity index (χ4v) is 2.44. The van der Waals surface area contributed by atoms with Crippen LogP contribution >= 0.6 is 11.5 Å². The Balaban J connectivity index is 2.09. The number of ether oxygens (including phenoxy) is 2. The second kappa shape index (κ2) is 3.44. The standard InChI is InChI=1S/C10H9NO3S/c12-9-7-2-1-6(5-8(7)15-11-9)10-13-3-4-14-10/h1-2,5,10H,3-4H2,(H,11,12). The Morgan fingerprint density at radius 3 is 2.93 bits per heavy atom. The second-order valence-electron chi connectivity index (χ2n) is 3.36. The number of fused-ring (bicyclic) bond motifs is 1. The maximum absolute atomic E-state index is 11.3. The second-order valence-corrected chi connectivity index (χ2v) is 4.21. The number of benzene rings is 1. The van der Waals surface area contributed by atoms with Crippen LogP contribution in [0.1, 0.15) is 11.9 Å². The van der Waals surface area contributed by atoms with Crippen molar-refractivity contribution in [2.45, 2.75) is 6.29 Å². The van der Waals surface area contributed by atoms with E-state index in [1.807, 2.05) is 18.2 Å². The Labute approximate surface area is 89.6 Å². The zero-order chi connectivity index (χ0) is 10.3. The molecule has 4 nitrogen and oxygen atoms in total. The molecule has 0 saturated carbocycles. The lowest BCUT2D eigenvalue weighted by Gasteiger charge is -2.08. The minimum absolute atomic E-state index is 0.0326. The van der Waals surface area contributed by atoms with Crippen LogP contribution in [0.2, 0.25) is 0 Å².